The number of ether oxygens (including phenoxy) is 1. The molecule has 0 aromatic heterocycles. The van der Waals surface area contributed by atoms with Crippen LogP contribution < -0.4 is 5.73 Å². The normalized spacial score (nSPS) is 13.3. The molecule has 0 spiro atoms. The standard InChI is InChI=1S/C14H16F2N2O2/c1-3-20-13(19)14(2,7-4-8-17)11-10(18)6-5-9(15)12(11)16/h5-6H,3-4,7,18H2,1-2H3. The molecule has 20 heavy (non-hydrogen) atoms. The SMILES string of the molecule is CCOC(=O)C(C)(CCC#N)c1c(N)ccc(F)c1F. The Morgan fingerprint density at radius 1 is 1.50 bits per heavy atom. The summed E-state index contributed by atoms with van der Waals surface area (Å²) in [7, 11) is 0. The Balaban J connectivity index is 3.42. The Morgan fingerprint density at radius 2 is 2.15 bits per heavy atom. The van der Waals surface area contributed by atoms with Crippen LogP contribution in [0.5, 0.6) is 0 Å². The zero-order valence-electron chi connectivity index (χ0n) is 11.4. The summed E-state index contributed by atoms with van der Waals surface area (Å²) in [5.41, 5.74) is 3.88. The third-order valence-corrected chi connectivity index (χ3v) is 3.14. The van der Waals surface area contributed by atoms with Gasteiger partial charge in [0, 0.05) is 17.7 Å². The Morgan fingerprint density at radius 3 is 2.70 bits per heavy atom. The first kappa shape index (κ1) is 15.9. The van der Waals surface area contributed by atoms with Crippen LogP contribution in [0, 0.1) is 23.0 Å². The number of esters is 1. The quantitative estimate of drug-likeness (QED) is 0.665. The van der Waals surface area contributed by atoms with E-state index in [1.165, 1.54) is 13.0 Å². The maximum atomic E-state index is 14.0. The maximum absolute atomic E-state index is 14.0. The molecule has 0 bridgehead atoms. The van der Waals surface area contributed by atoms with Crippen molar-refractivity contribution in [3.63, 3.8) is 0 Å². The number of rotatable bonds is 5. The highest BCUT2D eigenvalue weighted by Crippen LogP contribution is 2.37. The van der Waals surface area contributed by atoms with Crippen LogP contribution in [-0.2, 0) is 14.9 Å². The Hall–Kier alpha value is -2.16. The smallest absolute Gasteiger partial charge is 0.316 e. The lowest BCUT2D eigenvalue weighted by Crippen LogP contribution is -2.36. The largest absolute Gasteiger partial charge is 0.465 e. The molecule has 1 aromatic carbocycles. The number of hydrogen-bond acceptors (Lipinski definition) is 4. The molecule has 1 rings (SSSR count). The molecule has 4 nitrogen and oxygen atoms in total. The van der Waals surface area contributed by atoms with Crippen LogP contribution in [-0.4, -0.2) is 12.6 Å². The van der Waals surface area contributed by atoms with E-state index in [-0.39, 0.29) is 30.7 Å². The number of benzene rings is 1. The van der Waals surface area contributed by atoms with Gasteiger partial charge < -0.3 is 10.5 Å². The molecule has 0 aliphatic rings. The van der Waals surface area contributed by atoms with Crippen molar-refractivity contribution in [3.8, 4) is 6.07 Å². The molecule has 0 radical (unpaired) electrons. The number of nitrogens with zero attached hydrogens (tertiary/aromatic N) is 1. The average molecular weight is 282 g/mol. The molecule has 0 saturated heterocycles. The minimum absolute atomic E-state index is 0.00704. The second kappa shape index (κ2) is 6.33. The van der Waals surface area contributed by atoms with Crippen LogP contribution >= 0.6 is 0 Å². The topological polar surface area (TPSA) is 76.1 Å². The zero-order valence-corrected chi connectivity index (χ0v) is 11.4. The number of halogens is 2. The van der Waals surface area contributed by atoms with Crippen molar-refractivity contribution in [1.29, 1.82) is 5.26 Å². The molecular formula is C14H16F2N2O2. The summed E-state index contributed by atoms with van der Waals surface area (Å²) >= 11 is 0. The Kier molecular flexibility index (Phi) is 5.03. The molecule has 108 valence electrons. The van der Waals surface area contributed by atoms with Gasteiger partial charge in [-0.2, -0.15) is 5.26 Å². The fourth-order valence-corrected chi connectivity index (χ4v) is 2.05. The van der Waals surface area contributed by atoms with E-state index in [9.17, 15) is 13.6 Å². The van der Waals surface area contributed by atoms with E-state index in [4.69, 9.17) is 15.7 Å². The molecule has 1 unspecified atom stereocenters. The van der Waals surface area contributed by atoms with E-state index in [0.29, 0.717) is 0 Å². The second-order valence-corrected chi connectivity index (χ2v) is 4.54. The molecule has 0 heterocycles. The van der Waals surface area contributed by atoms with Crippen molar-refractivity contribution in [3.05, 3.63) is 29.3 Å². The van der Waals surface area contributed by atoms with Gasteiger partial charge in [-0.15, -0.1) is 0 Å². The lowest BCUT2D eigenvalue weighted by atomic mass is 9.77. The van der Waals surface area contributed by atoms with Gasteiger partial charge in [0.05, 0.1) is 18.1 Å². The summed E-state index contributed by atoms with van der Waals surface area (Å²) in [6, 6.07) is 3.96. The molecular weight excluding hydrogens is 266 g/mol. The molecule has 2 N–H and O–H groups in total. The van der Waals surface area contributed by atoms with E-state index in [0.717, 1.165) is 6.07 Å². The lowest BCUT2D eigenvalue weighted by Gasteiger charge is -2.28. The summed E-state index contributed by atoms with van der Waals surface area (Å²) in [6.45, 7) is 3.10. The Bertz CT molecular complexity index is 555. The first-order valence-corrected chi connectivity index (χ1v) is 6.16. The molecule has 6 heteroatoms. The van der Waals surface area contributed by atoms with Crippen molar-refractivity contribution < 1.29 is 18.3 Å². The van der Waals surface area contributed by atoms with Gasteiger partial charge in [0.15, 0.2) is 11.6 Å². The predicted molar refractivity (Wildman–Crippen MR) is 69.6 cm³/mol. The molecule has 0 fully saturated rings. The van der Waals surface area contributed by atoms with Crippen molar-refractivity contribution >= 4 is 11.7 Å². The van der Waals surface area contributed by atoms with Gasteiger partial charge >= 0.3 is 5.97 Å². The zero-order chi connectivity index (χ0) is 15.3. The molecule has 1 atom stereocenters. The summed E-state index contributed by atoms with van der Waals surface area (Å²) in [6.07, 6.45) is -0.0163. The highest BCUT2D eigenvalue weighted by Gasteiger charge is 2.41. The van der Waals surface area contributed by atoms with Gasteiger partial charge in [-0.1, -0.05) is 0 Å². The average Bonchev–Trinajstić information content (AvgIpc) is 2.41. The van der Waals surface area contributed by atoms with E-state index < -0.39 is 23.0 Å². The third kappa shape index (κ3) is 2.87. The third-order valence-electron chi connectivity index (χ3n) is 3.14. The fraction of sp³-hybridized carbons (Fsp3) is 0.429. The highest BCUT2D eigenvalue weighted by molar-refractivity contribution is 5.85. The minimum Gasteiger partial charge on any atom is -0.465 e. The molecule has 0 saturated carbocycles. The van der Waals surface area contributed by atoms with Crippen LogP contribution in [0.3, 0.4) is 0 Å². The number of nitrogen functional groups attached to an aromatic ring is 1. The van der Waals surface area contributed by atoms with Crippen LogP contribution in [0.4, 0.5) is 14.5 Å². The molecule has 0 aliphatic carbocycles. The summed E-state index contributed by atoms with van der Waals surface area (Å²) in [5, 5.41) is 8.68. The lowest BCUT2D eigenvalue weighted by molar-refractivity contribution is -0.149. The van der Waals surface area contributed by atoms with Gasteiger partial charge in [0.2, 0.25) is 0 Å². The number of hydrogen-bond donors (Lipinski definition) is 1. The first-order valence-electron chi connectivity index (χ1n) is 6.16. The monoisotopic (exact) mass is 282 g/mol. The van der Waals surface area contributed by atoms with Crippen LogP contribution in [0.2, 0.25) is 0 Å². The second-order valence-electron chi connectivity index (χ2n) is 4.54. The minimum atomic E-state index is -1.50. The van der Waals surface area contributed by atoms with Gasteiger partial charge in [-0.3, -0.25) is 4.79 Å². The van der Waals surface area contributed by atoms with Crippen molar-refractivity contribution in [1.82, 2.24) is 0 Å². The summed E-state index contributed by atoms with van der Waals surface area (Å²) in [4.78, 5) is 12.1. The number of nitriles is 1. The number of carbonyl (C=O) groups excluding carboxylic acids is 1. The highest BCUT2D eigenvalue weighted by atomic mass is 19.2. The van der Waals surface area contributed by atoms with Gasteiger partial charge in [0.25, 0.3) is 0 Å². The van der Waals surface area contributed by atoms with E-state index in [2.05, 4.69) is 0 Å². The van der Waals surface area contributed by atoms with E-state index in [1.807, 2.05) is 6.07 Å². The summed E-state index contributed by atoms with van der Waals surface area (Å²) < 4.78 is 32.4. The van der Waals surface area contributed by atoms with Gasteiger partial charge in [-0.25, -0.2) is 8.78 Å². The number of carbonyl (C=O) groups is 1. The van der Waals surface area contributed by atoms with Gasteiger partial charge in [-0.05, 0) is 32.4 Å². The van der Waals surface area contributed by atoms with Crippen LogP contribution in [0.25, 0.3) is 0 Å². The van der Waals surface area contributed by atoms with Gasteiger partial charge in [0.1, 0.15) is 0 Å². The first-order chi connectivity index (χ1) is 9.38. The van der Waals surface area contributed by atoms with Crippen LogP contribution in [0.15, 0.2) is 12.1 Å². The molecule has 0 amide bonds. The molecule has 1 aromatic rings. The predicted octanol–water partition coefficient (Wildman–Crippen LogP) is 2.67. The fourth-order valence-electron chi connectivity index (χ4n) is 2.05. The van der Waals surface area contributed by atoms with Crippen LogP contribution in [0.1, 0.15) is 32.3 Å². The van der Waals surface area contributed by atoms with E-state index in [1.54, 1.807) is 6.92 Å². The maximum Gasteiger partial charge on any atom is 0.316 e. The molecule has 0 aliphatic heterocycles. The van der Waals surface area contributed by atoms with Crippen molar-refractivity contribution in [2.45, 2.75) is 32.1 Å². The summed E-state index contributed by atoms with van der Waals surface area (Å²) in [5.74, 6) is -3.01. The number of anilines is 1. The number of nitrogens with two attached hydrogens (primary N) is 1. The van der Waals surface area contributed by atoms with Crippen molar-refractivity contribution in [2.24, 2.45) is 0 Å². The van der Waals surface area contributed by atoms with Crippen molar-refractivity contribution in [2.75, 3.05) is 12.3 Å². The van der Waals surface area contributed by atoms with E-state index >= 15 is 0 Å². The Labute approximate surface area is 116 Å².